The van der Waals surface area contributed by atoms with E-state index in [-0.39, 0.29) is 12.1 Å². The van der Waals surface area contributed by atoms with Crippen LogP contribution >= 0.6 is 28.3 Å². The van der Waals surface area contributed by atoms with Crippen molar-refractivity contribution in [2.75, 3.05) is 13.1 Å². The van der Waals surface area contributed by atoms with Gasteiger partial charge in [0.25, 0.3) is 0 Å². The standard InChI is InChI=1S/C20H28N3.2BrH.Co/c1-13-7-5-8-14(2)19(13)17(21)11-23-12-18(22)20-15(3)9-6-10-16(20)4;;;/h5-10,17-18H,11-12,21-22H2,1-4H3;2*1H;/q-1;;;+3/p-2. The number of halogens is 2. The average molecular weight is 529 g/mol. The first-order chi connectivity index (χ1) is 12.3. The third-order valence-electron chi connectivity index (χ3n) is 4.48. The van der Waals surface area contributed by atoms with Gasteiger partial charge in [-0.15, -0.1) is 13.1 Å². The number of hydrogen-bond donors (Lipinski definition) is 2. The monoisotopic (exact) mass is 527 g/mol. The summed E-state index contributed by atoms with van der Waals surface area (Å²) >= 11 is 7.12. The molecule has 26 heavy (non-hydrogen) atoms. The second-order valence-electron chi connectivity index (χ2n) is 6.46. The summed E-state index contributed by atoms with van der Waals surface area (Å²) in [6.07, 6.45) is 0. The summed E-state index contributed by atoms with van der Waals surface area (Å²) in [6, 6.07) is 12.4. The van der Waals surface area contributed by atoms with E-state index >= 15 is 0 Å². The van der Waals surface area contributed by atoms with Crippen LogP contribution in [-0.4, -0.2) is 13.1 Å². The molecule has 2 rings (SSSR count). The van der Waals surface area contributed by atoms with Crippen molar-refractivity contribution in [2.45, 2.75) is 39.8 Å². The van der Waals surface area contributed by atoms with Crippen molar-refractivity contribution < 1.29 is 11.1 Å². The summed E-state index contributed by atoms with van der Waals surface area (Å²) in [4.78, 5) is 0. The van der Waals surface area contributed by atoms with Gasteiger partial charge >= 0.3 is 39.5 Å². The zero-order chi connectivity index (χ0) is 19.7. The molecule has 0 fully saturated rings. The fourth-order valence-corrected chi connectivity index (χ4v) is 3.36. The molecule has 0 saturated carbocycles. The van der Waals surface area contributed by atoms with Gasteiger partial charge in [-0.2, -0.15) is 0 Å². The van der Waals surface area contributed by atoms with Gasteiger partial charge in [0, 0.05) is 12.1 Å². The summed E-state index contributed by atoms with van der Waals surface area (Å²) in [6.45, 7) is 9.61. The summed E-state index contributed by atoms with van der Waals surface area (Å²) in [5.41, 5.74) is 20.0. The Bertz CT molecular complexity index is 597. The van der Waals surface area contributed by atoms with Gasteiger partial charge in [0.2, 0.25) is 0 Å². The van der Waals surface area contributed by atoms with Crippen LogP contribution in [-0.2, 0) is 11.1 Å². The van der Waals surface area contributed by atoms with Crippen LogP contribution in [0.2, 0.25) is 0 Å². The van der Waals surface area contributed by atoms with Gasteiger partial charge in [-0.3, -0.25) is 0 Å². The number of hydrogen-bond acceptors (Lipinski definition) is 2. The number of nitrogens with zero attached hydrogens (tertiary/aromatic N) is 1. The van der Waals surface area contributed by atoms with Crippen LogP contribution in [0.4, 0.5) is 0 Å². The van der Waals surface area contributed by atoms with Gasteiger partial charge in [-0.05, 0) is 61.1 Å². The second-order valence-corrected chi connectivity index (χ2v) is 11.7. The van der Waals surface area contributed by atoms with E-state index in [0.29, 0.717) is 13.1 Å². The van der Waals surface area contributed by atoms with E-state index < -0.39 is 0 Å². The molecule has 0 aliphatic heterocycles. The van der Waals surface area contributed by atoms with Crippen LogP contribution in [0.3, 0.4) is 0 Å². The SMILES string of the molecule is Cc1cccc(C)c1C(N)C[N-]CC(N)c1c(C)cccc1C.[Br][Co+][Br]. The van der Waals surface area contributed by atoms with Crippen LogP contribution in [0.1, 0.15) is 45.5 Å². The molecule has 2 atom stereocenters. The third kappa shape index (κ3) is 7.07. The van der Waals surface area contributed by atoms with Crippen LogP contribution in [0.5, 0.6) is 0 Å². The number of rotatable bonds is 6. The Hall–Kier alpha value is -0.214. The zero-order valence-electron chi connectivity index (χ0n) is 15.7. The summed E-state index contributed by atoms with van der Waals surface area (Å²) in [5, 5.41) is 4.64. The average Bonchev–Trinajstić information content (AvgIpc) is 2.55. The van der Waals surface area contributed by atoms with Gasteiger partial charge in [-0.1, -0.05) is 36.4 Å². The minimum absolute atomic E-state index is 0.0682. The van der Waals surface area contributed by atoms with Crippen molar-refractivity contribution in [3.63, 3.8) is 0 Å². The summed E-state index contributed by atoms with van der Waals surface area (Å²) in [5.74, 6) is 0. The first-order valence-corrected chi connectivity index (χ1v) is 13.6. The van der Waals surface area contributed by atoms with E-state index in [0.717, 1.165) is 11.1 Å². The first-order valence-electron chi connectivity index (χ1n) is 8.43. The molecule has 0 heterocycles. The van der Waals surface area contributed by atoms with E-state index in [2.05, 4.69) is 97.7 Å². The fraction of sp³-hybridized carbons (Fsp3) is 0.400. The normalized spacial score (nSPS) is 13.1. The maximum atomic E-state index is 6.35. The molecule has 0 spiro atoms. The van der Waals surface area contributed by atoms with Gasteiger partial charge in [0.15, 0.2) is 0 Å². The molecule has 0 aliphatic rings. The minimum atomic E-state index is -0.0682. The number of aryl methyl sites for hydroxylation is 4. The van der Waals surface area contributed by atoms with E-state index in [1.807, 2.05) is 0 Å². The van der Waals surface area contributed by atoms with E-state index in [1.165, 1.54) is 33.4 Å². The van der Waals surface area contributed by atoms with Gasteiger partial charge in [0.05, 0.1) is 0 Å². The predicted octanol–water partition coefficient (Wildman–Crippen LogP) is 5.68. The molecule has 6 heteroatoms. The van der Waals surface area contributed by atoms with Gasteiger partial charge in [-0.25, -0.2) is 0 Å². The van der Waals surface area contributed by atoms with Crippen molar-refractivity contribution in [1.29, 1.82) is 0 Å². The molecular formula is C20H28Br2CoN3. The second kappa shape index (κ2) is 12.3. The Morgan fingerprint density at radius 3 is 1.31 bits per heavy atom. The molecule has 2 unspecified atom stereocenters. The molecule has 146 valence electrons. The van der Waals surface area contributed by atoms with Crippen LogP contribution < -0.4 is 11.5 Å². The molecule has 0 bridgehead atoms. The molecule has 2 aromatic carbocycles. The van der Waals surface area contributed by atoms with Crippen molar-refractivity contribution in [3.8, 4) is 0 Å². The Morgan fingerprint density at radius 2 is 1.04 bits per heavy atom. The quantitative estimate of drug-likeness (QED) is 0.506. The van der Waals surface area contributed by atoms with Crippen LogP contribution in [0, 0.1) is 27.7 Å². The molecule has 0 aromatic heterocycles. The third-order valence-corrected chi connectivity index (χ3v) is 4.48. The van der Waals surface area contributed by atoms with E-state index in [1.54, 1.807) is 0 Å². The molecule has 0 amide bonds. The zero-order valence-corrected chi connectivity index (χ0v) is 19.9. The molecule has 0 radical (unpaired) electrons. The van der Waals surface area contributed by atoms with Crippen molar-refractivity contribution in [2.24, 2.45) is 11.5 Å². The Morgan fingerprint density at radius 1 is 0.769 bits per heavy atom. The molecule has 3 nitrogen and oxygen atoms in total. The van der Waals surface area contributed by atoms with Crippen LogP contribution in [0.25, 0.3) is 5.32 Å². The molecular weight excluding hydrogens is 501 g/mol. The maximum absolute atomic E-state index is 6.35. The first kappa shape index (κ1) is 23.8. The van der Waals surface area contributed by atoms with Crippen molar-refractivity contribution >= 4 is 28.3 Å². The van der Waals surface area contributed by atoms with Crippen molar-refractivity contribution in [1.82, 2.24) is 0 Å². The van der Waals surface area contributed by atoms with Crippen LogP contribution in [0.15, 0.2) is 36.4 Å². The van der Waals surface area contributed by atoms with Gasteiger partial charge in [0.1, 0.15) is 0 Å². The molecule has 4 N–H and O–H groups in total. The summed E-state index contributed by atoms with van der Waals surface area (Å²) < 4.78 is 0. The Labute approximate surface area is 178 Å². The Balaban J connectivity index is 0.00000105. The van der Waals surface area contributed by atoms with E-state index in [9.17, 15) is 0 Å². The molecule has 0 saturated heterocycles. The van der Waals surface area contributed by atoms with E-state index in [4.69, 9.17) is 11.5 Å². The Kier molecular flexibility index (Phi) is 11.3. The predicted molar refractivity (Wildman–Crippen MR) is 117 cm³/mol. The number of benzene rings is 2. The topological polar surface area (TPSA) is 66.1 Å². The number of nitrogens with two attached hydrogens (primary N) is 2. The molecule has 0 aliphatic carbocycles. The fourth-order valence-electron chi connectivity index (χ4n) is 3.36. The van der Waals surface area contributed by atoms with Crippen molar-refractivity contribution in [3.05, 3.63) is 75.1 Å². The molecule has 2 aromatic rings. The summed E-state index contributed by atoms with van der Waals surface area (Å²) in [7, 11) is 0. The van der Waals surface area contributed by atoms with Gasteiger partial charge < -0.3 is 16.8 Å².